The molecule has 2 aromatic rings. The lowest BCUT2D eigenvalue weighted by atomic mass is 10.00. The fraction of sp³-hybridized carbons (Fsp3) is 0.235. The average molecular weight is 364 g/mol. The number of Topliss-reactive ketones (excluding diaryl/α,β-unsaturated/α-hetero) is 1. The van der Waals surface area contributed by atoms with Crippen molar-refractivity contribution in [3.05, 3.63) is 68.3 Å². The first-order chi connectivity index (χ1) is 9.02. The van der Waals surface area contributed by atoms with Gasteiger partial charge in [-0.3, -0.25) is 4.79 Å². The molecule has 0 radical (unpaired) electrons. The summed E-state index contributed by atoms with van der Waals surface area (Å²) in [5.74, 6) is 0.270. The molecule has 0 aliphatic heterocycles. The third kappa shape index (κ3) is 4.46. The lowest BCUT2D eigenvalue weighted by molar-refractivity contribution is -0.117. The van der Waals surface area contributed by atoms with E-state index in [1.54, 1.807) is 0 Å². The van der Waals surface area contributed by atoms with Crippen LogP contribution in [-0.4, -0.2) is 5.78 Å². The highest BCUT2D eigenvalue weighted by Crippen LogP contribution is 2.12. The van der Waals surface area contributed by atoms with Crippen molar-refractivity contribution in [1.29, 1.82) is 0 Å². The minimum absolute atomic E-state index is 0.270. The maximum Gasteiger partial charge on any atom is 0.141 e. The summed E-state index contributed by atoms with van der Waals surface area (Å²) in [6.45, 7) is 4.14. The maximum atomic E-state index is 12.1. The molecule has 0 atom stereocenters. The molecule has 0 spiro atoms. The number of hydrogen-bond donors (Lipinski definition) is 0. The van der Waals surface area contributed by atoms with E-state index in [1.807, 2.05) is 24.3 Å². The Morgan fingerprint density at radius 3 is 2.00 bits per heavy atom. The van der Waals surface area contributed by atoms with E-state index in [1.165, 1.54) is 14.7 Å². The molecule has 19 heavy (non-hydrogen) atoms. The monoisotopic (exact) mass is 364 g/mol. The van der Waals surface area contributed by atoms with Gasteiger partial charge in [-0.1, -0.05) is 41.5 Å². The van der Waals surface area contributed by atoms with Gasteiger partial charge < -0.3 is 0 Å². The van der Waals surface area contributed by atoms with E-state index in [2.05, 4.69) is 54.6 Å². The highest BCUT2D eigenvalue weighted by Gasteiger charge is 2.06. The Hall–Kier alpha value is -1.16. The van der Waals surface area contributed by atoms with Gasteiger partial charge in [0.2, 0.25) is 0 Å². The summed E-state index contributed by atoms with van der Waals surface area (Å²) in [4.78, 5) is 12.1. The maximum absolute atomic E-state index is 12.1. The van der Waals surface area contributed by atoms with Gasteiger partial charge in [0.05, 0.1) is 0 Å². The van der Waals surface area contributed by atoms with Crippen molar-refractivity contribution < 1.29 is 4.79 Å². The molecule has 2 rings (SSSR count). The van der Waals surface area contributed by atoms with Crippen molar-refractivity contribution in [3.8, 4) is 0 Å². The second kappa shape index (κ2) is 6.33. The smallest absolute Gasteiger partial charge is 0.141 e. The standard InChI is InChI=1S/C17H17IO/c1-12-7-13(2)9-15(8-12)11-17(19)10-14-3-5-16(18)6-4-14/h3-9H,10-11H2,1-2H3. The molecule has 0 aromatic heterocycles. The molecule has 1 nitrogen and oxygen atoms in total. The minimum Gasteiger partial charge on any atom is -0.299 e. The number of aryl methyl sites for hydroxylation is 2. The van der Waals surface area contributed by atoms with Crippen LogP contribution in [0.25, 0.3) is 0 Å². The molecule has 0 saturated heterocycles. The fourth-order valence-electron chi connectivity index (χ4n) is 2.29. The highest BCUT2D eigenvalue weighted by atomic mass is 127. The third-order valence-electron chi connectivity index (χ3n) is 3.00. The van der Waals surface area contributed by atoms with Gasteiger partial charge >= 0.3 is 0 Å². The molecule has 2 heteroatoms. The number of halogens is 1. The van der Waals surface area contributed by atoms with Crippen LogP contribution in [0.3, 0.4) is 0 Å². The van der Waals surface area contributed by atoms with Crippen LogP contribution in [0.4, 0.5) is 0 Å². The Labute approximate surface area is 128 Å². The molecule has 98 valence electrons. The van der Waals surface area contributed by atoms with Crippen LogP contribution in [0, 0.1) is 17.4 Å². The summed E-state index contributed by atoms with van der Waals surface area (Å²) in [5.41, 5.74) is 4.65. The summed E-state index contributed by atoms with van der Waals surface area (Å²) >= 11 is 2.27. The largest absolute Gasteiger partial charge is 0.299 e. The summed E-state index contributed by atoms with van der Waals surface area (Å²) in [6, 6.07) is 14.5. The Balaban J connectivity index is 2.03. The third-order valence-corrected chi connectivity index (χ3v) is 3.72. The van der Waals surface area contributed by atoms with Crippen molar-refractivity contribution in [1.82, 2.24) is 0 Å². The molecule has 0 bridgehead atoms. The van der Waals surface area contributed by atoms with Gasteiger partial charge in [-0.25, -0.2) is 0 Å². The fourth-order valence-corrected chi connectivity index (χ4v) is 2.65. The lowest BCUT2D eigenvalue weighted by Gasteiger charge is -2.05. The van der Waals surface area contributed by atoms with Crippen molar-refractivity contribution >= 4 is 28.4 Å². The number of rotatable bonds is 4. The van der Waals surface area contributed by atoms with E-state index in [4.69, 9.17) is 0 Å². The van der Waals surface area contributed by atoms with Crippen LogP contribution in [0.15, 0.2) is 42.5 Å². The van der Waals surface area contributed by atoms with Crippen molar-refractivity contribution in [2.75, 3.05) is 0 Å². The second-order valence-corrected chi connectivity index (χ2v) is 6.26. The molecular formula is C17H17IO. The van der Waals surface area contributed by atoms with Crippen molar-refractivity contribution in [2.24, 2.45) is 0 Å². The number of ketones is 1. The first-order valence-electron chi connectivity index (χ1n) is 6.36. The topological polar surface area (TPSA) is 17.1 Å². The van der Waals surface area contributed by atoms with Gasteiger partial charge in [-0.05, 0) is 59.7 Å². The van der Waals surface area contributed by atoms with Gasteiger partial charge in [0.1, 0.15) is 5.78 Å². The molecule has 2 aromatic carbocycles. The summed E-state index contributed by atoms with van der Waals surface area (Å²) in [6.07, 6.45) is 1.04. The number of carbonyl (C=O) groups is 1. The van der Waals surface area contributed by atoms with Crippen molar-refractivity contribution in [2.45, 2.75) is 26.7 Å². The molecule has 0 saturated carbocycles. The highest BCUT2D eigenvalue weighted by molar-refractivity contribution is 14.1. The van der Waals surface area contributed by atoms with E-state index in [9.17, 15) is 4.79 Å². The Morgan fingerprint density at radius 1 is 0.895 bits per heavy atom. The molecule has 0 fully saturated rings. The van der Waals surface area contributed by atoms with Gasteiger partial charge in [0, 0.05) is 16.4 Å². The van der Waals surface area contributed by atoms with E-state index in [-0.39, 0.29) is 5.78 Å². The predicted octanol–water partition coefficient (Wildman–Crippen LogP) is 4.26. The Morgan fingerprint density at radius 2 is 1.42 bits per heavy atom. The van der Waals surface area contributed by atoms with E-state index < -0.39 is 0 Å². The first kappa shape index (κ1) is 14.3. The lowest BCUT2D eigenvalue weighted by Crippen LogP contribution is -2.07. The number of benzene rings is 2. The SMILES string of the molecule is Cc1cc(C)cc(CC(=O)Cc2ccc(I)cc2)c1. The van der Waals surface area contributed by atoms with Crippen LogP contribution in [0.1, 0.15) is 22.3 Å². The zero-order valence-corrected chi connectivity index (χ0v) is 13.4. The second-order valence-electron chi connectivity index (χ2n) is 5.01. The molecule has 0 N–H and O–H groups in total. The summed E-state index contributed by atoms with van der Waals surface area (Å²) in [7, 11) is 0. The van der Waals surface area contributed by atoms with Gasteiger partial charge in [0.25, 0.3) is 0 Å². The average Bonchev–Trinajstić information content (AvgIpc) is 2.30. The zero-order chi connectivity index (χ0) is 13.8. The van der Waals surface area contributed by atoms with Crippen LogP contribution in [-0.2, 0) is 17.6 Å². The molecule has 0 unspecified atom stereocenters. The normalized spacial score (nSPS) is 10.5. The van der Waals surface area contributed by atoms with Crippen LogP contribution in [0.5, 0.6) is 0 Å². The molecule has 0 heterocycles. The zero-order valence-electron chi connectivity index (χ0n) is 11.2. The summed E-state index contributed by atoms with van der Waals surface area (Å²) in [5, 5.41) is 0. The molecular weight excluding hydrogens is 347 g/mol. The van der Waals surface area contributed by atoms with Crippen LogP contribution < -0.4 is 0 Å². The van der Waals surface area contributed by atoms with Crippen LogP contribution in [0.2, 0.25) is 0 Å². The van der Waals surface area contributed by atoms with E-state index >= 15 is 0 Å². The Kier molecular flexibility index (Phi) is 4.75. The Bertz CT molecular complexity index is 564. The van der Waals surface area contributed by atoms with E-state index in [0.29, 0.717) is 12.8 Å². The first-order valence-corrected chi connectivity index (χ1v) is 7.44. The minimum atomic E-state index is 0.270. The summed E-state index contributed by atoms with van der Waals surface area (Å²) < 4.78 is 1.20. The number of carbonyl (C=O) groups excluding carboxylic acids is 1. The predicted molar refractivity (Wildman–Crippen MR) is 87.5 cm³/mol. The van der Waals surface area contributed by atoms with E-state index in [0.717, 1.165) is 11.1 Å². The van der Waals surface area contributed by atoms with Gasteiger partial charge in [-0.15, -0.1) is 0 Å². The van der Waals surface area contributed by atoms with Crippen molar-refractivity contribution in [3.63, 3.8) is 0 Å². The quantitative estimate of drug-likeness (QED) is 0.741. The van der Waals surface area contributed by atoms with Crippen LogP contribution >= 0.6 is 22.6 Å². The number of hydrogen-bond acceptors (Lipinski definition) is 1. The molecule has 0 amide bonds. The molecule has 0 aliphatic carbocycles. The molecule has 0 aliphatic rings. The van der Waals surface area contributed by atoms with Gasteiger partial charge in [0.15, 0.2) is 0 Å². The van der Waals surface area contributed by atoms with Gasteiger partial charge in [-0.2, -0.15) is 0 Å².